The molecular weight excluding hydrogens is 138 g/mol. The van der Waals surface area contributed by atoms with Crippen molar-refractivity contribution in [3.63, 3.8) is 0 Å². The van der Waals surface area contributed by atoms with Crippen LogP contribution in [0.2, 0.25) is 0 Å². The molecule has 1 rings (SSSR count). The fourth-order valence-electron chi connectivity index (χ4n) is 1.78. The van der Waals surface area contributed by atoms with Crippen LogP contribution in [-0.4, -0.2) is 38.8 Å². The Kier molecular flexibility index (Phi) is 3.87. The fraction of sp³-hybridized carbons (Fsp3) is 1.00. The van der Waals surface area contributed by atoms with Crippen LogP contribution in [0.5, 0.6) is 0 Å². The number of hydrogen-bond acceptors (Lipinski definition) is 2. The Hall–Kier alpha value is -0.0800. The van der Waals surface area contributed by atoms with Crippen molar-refractivity contribution in [2.24, 2.45) is 5.92 Å². The van der Waals surface area contributed by atoms with Crippen LogP contribution in [0.3, 0.4) is 0 Å². The molecule has 0 aromatic carbocycles. The van der Waals surface area contributed by atoms with Crippen LogP contribution < -0.4 is 0 Å². The van der Waals surface area contributed by atoms with Gasteiger partial charge >= 0.3 is 0 Å². The van der Waals surface area contributed by atoms with E-state index in [1.807, 2.05) is 0 Å². The minimum atomic E-state index is 0.931. The zero-order valence-electron chi connectivity index (χ0n) is 7.68. The first-order valence-corrected chi connectivity index (χ1v) is 4.50. The van der Waals surface area contributed by atoms with Crippen LogP contribution in [0, 0.1) is 5.92 Å². The number of nitrogens with zero attached hydrogens (tertiary/aromatic N) is 1. The lowest BCUT2D eigenvalue weighted by Crippen LogP contribution is -2.14. The lowest BCUT2D eigenvalue weighted by atomic mass is 10.0. The molecule has 66 valence electrons. The van der Waals surface area contributed by atoms with Crippen molar-refractivity contribution in [1.29, 1.82) is 0 Å². The second-order valence-electron chi connectivity index (χ2n) is 3.55. The van der Waals surface area contributed by atoms with Gasteiger partial charge in [-0.25, -0.2) is 0 Å². The van der Waals surface area contributed by atoms with Crippen LogP contribution in [0.15, 0.2) is 0 Å². The van der Waals surface area contributed by atoms with E-state index in [0.29, 0.717) is 0 Å². The summed E-state index contributed by atoms with van der Waals surface area (Å²) in [5.74, 6) is 0.940. The van der Waals surface area contributed by atoms with Crippen molar-refractivity contribution in [2.45, 2.75) is 19.3 Å². The summed E-state index contributed by atoms with van der Waals surface area (Å²) in [6, 6.07) is 0. The number of methoxy groups -OCH3 is 1. The molecule has 0 spiro atoms. The van der Waals surface area contributed by atoms with Crippen molar-refractivity contribution >= 4 is 0 Å². The molecule has 0 aromatic heterocycles. The molecule has 0 aliphatic carbocycles. The molecule has 1 heterocycles. The Morgan fingerprint density at radius 3 is 2.91 bits per heavy atom. The molecular formula is C9H19NO. The van der Waals surface area contributed by atoms with Gasteiger partial charge in [-0.3, -0.25) is 0 Å². The standard InChI is InChI=1S/C9H19NO/c1-10-6-5-9(8-10)4-3-7-11-2/h9H,3-8H2,1-2H3/t9-/m1/s1. The minimum Gasteiger partial charge on any atom is -0.385 e. The molecule has 0 unspecified atom stereocenters. The average molecular weight is 157 g/mol. The van der Waals surface area contributed by atoms with E-state index in [1.54, 1.807) is 7.11 Å². The first-order chi connectivity index (χ1) is 5.33. The highest BCUT2D eigenvalue weighted by Gasteiger charge is 2.18. The van der Waals surface area contributed by atoms with Crippen molar-refractivity contribution in [3.05, 3.63) is 0 Å². The van der Waals surface area contributed by atoms with E-state index in [-0.39, 0.29) is 0 Å². The molecule has 2 nitrogen and oxygen atoms in total. The van der Waals surface area contributed by atoms with Gasteiger partial charge in [0.15, 0.2) is 0 Å². The van der Waals surface area contributed by atoms with E-state index in [9.17, 15) is 0 Å². The van der Waals surface area contributed by atoms with Gasteiger partial charge in [-0.05, 0) is 38.8 Å². The molecule has 0 saturated carbocycles. The maximum absolute atomic E-state index is 5.01. The Bertz CT molecular complexity index is 106. The topological polar surface area (TPSA) is 12.5 Å². The van der Waals surface area contributed by atoms with E-state index >= 15 is 0 Å². The molecule has 0 bridgehead atoms. The monoisotopic (exact) mass is 157 g/mol. The third-order valence-corrected chi connectivity index (χ3v) is 2.45. The van der Waals surface area contributed by atoms with Gasteiger partial charge in [-0.15, -0.1) is 0 Å². The lowest BCUT2D eigenvalue weighted by Gasteiger charge is -2.09. The molecule has 1 fully saturated rings. The Morgan fingerprint density at radius 1 is 1.55 bits per heavy atom. The van der Waals surface area contributed by atoms with Crippen molar-refractivity contribution in [3.8, 4) is 0 Å². The number of likely N-dealkylation sites (tertiary alicyclic amines) is 1. The predicted octanol–water partition coefficient (Wildman–Crippen LogP) is 1.36. The third kappa shape index (κ3) is 3.21. The summed E-state index contributed by atoms with van der Waals surface area (Å²) in [5.41, 5.74) is 0. The van der Waals surface area contributed by atoms with E-state index < -0.39 is 0 Å². The molecule has 0 aromatic rings. The second kappa shape index (κ2) is 4.73. The van der Waals surface area contributed by atoms with Crippen LogP contribution in [0.4, 0.5) is 0 Å². The molecule has 2 heteroatoms. The quantitative estimate of drug-likeness (QED) is 0.571. The van der Waals surface area contributed by atoms with Gasteiger partial charge < -0.3 is 9.64 Å². The van der Waals surface area contributed by atoms with Crippen molar-refractivity contribution < 1.29 is 4.74 Å². The van der Waals surface area contributed by atoms with Crippen LogP contribution in [-0.2, 0) is 4.74 Å². The highest BCUT2D eigenvalue weighted by molar-refractivity contribution is 4.72. The predicted molar refractivity (Wildman–Crippen MR) is 46.7 cm³/mol. The van der Waals surface area contributed by atoms with Crippen LogP contribution in [0.25, 0.3) is 0 Å². The van der Waals surface area contributed by atoms with E-state index in [2.05, 4.69) is 11.9 Å². The van der Waals surface area contributed by atoms with Gasteiger partial charge in [0.05, 0.1) is 0 Å². The van der Waals surface area contributed by atoms with Gasteiger partial charge in [0.25, 0.3) is 0 Å². The highest BCUT2D eigenvalue weighted by Crippen LogP contribution is 2.18. The summed E-state index contributed by atoms with van der Waals surface area (Å²) in [4.78, 5) is 2.41. The molecule has 0 N–H and O–H groups in total. The fourth-order valence-corrected chi connectivity index (χ4v) is 1.78. The number of hydrogen-bond donors (Lipinski definition) is 0. The Balaban J connectivity index is 1.99. The summed E-state index contributed by atoms with van der Waals surface area (Å²) in [5, 5.41) is 0. The molecule has 1 atom stereocenters. The SMILES string of the molecule is COCCC[C@@H]1CCN(C)C1. The molecule has 1 aliphatic heterocycles. The Morgan fingerprint density at radius 2 is 2.36 bits per heavy atom. The number of rotatable bonds is 4. The van der Waals surface area contributed by atoms with Gasteiger partial charge in [0.1, 0.15) is 0 Å². The Labute approximate surface area is 69.5 Å². The summed E-state index contributed by atoms with van der Waals surface area (Å²) in [6.07, 6.45) is 3.97. The second-order valence-corrected chi connectivity index (χ2v) is 3.55. The first-order valence-electron chi connectivity index (χ1n) is 4.50. The minimum absolute atomic E-state index is 0.931. The molecule has 0 radical (unpaired) electrons. The largest absolute Gasteiger partial charge is 0.385 e. The maximum atomic E-state index is 5.01. The van der Waals surface area contributed by atoms with Gasteiger partial charge in [-0.1, -0.05) is 0 Å². The summed E-state index contributed by atoms with van der Waals surface area (Å²) < 4.78 is 5.01. The van der Waals surface area contributed by atoms with E-state index in [1.165, 1.54) is 32.4 Å². The summed E-state index contributed by atoms with van der Waals surface area (Å²) in [6.45, 7) is 3.52. The molecule has 11 heavy (non-hydrogen) atoms. The average Bonchev–Trinajstić information content (AvgIpc) is 2.37. The zero-order chi connectivity index (χ0) is 8.10. The summed E-state index contributed by atoms with van der Waals surface area (Å²) >= 11 is 0. The van der Waals surface area contributed by atoms with Crippen molar-refractivity contribution in [2.75, 3.05) is 33.9 Å². The molecule has 1 saturated heterocycles. The number of ether oxygens (including phenoxy) is 1. The first kappa shape index (κ1) is 9.01. The van der Waals surface area contributed by atoms with Crippen LogP contribution in [0.1, 0.15) is 19.3 Å². The molecule has 1 aliphatic rings. The van der Waals surface area contributed by atoms with Gasteiger partial charge in [0, 0.05) is 20.3 Å². The normalized spacial score (nSPS) is 26.2. The highest BCUT2D eigenvalue weighted by atomic mass is 16.5. The molecule has 0 amide bonds. The van der Waals surface area contributed by atoms with Crippen molar-refractivity contribution in [1.82, 2.24) is 4.90 Å². The summed E-state index contributed by atoms with van der Waals surface area (Å²) in [7, 11) is 3.98. The van der Waals surface area contributed by atoms with Gasteiger partial charge in [-0.2, -0.15) is 0 Å². The lowest BCUT2D eigenvalue weighted by molar-refractivity contribution is 0.187. The third-order valence-electron chi connectivity index (χ3n) is 2.45. The van der Waals surface area contributed by atoms with E-state index in [0.717, 1.165) is 12.5 Å². The maximum Gasteiger partial charge on any atom is 0.0462 e. The van der Waals surface area contributed by atoms with Gasteiger partial charge in [0.2, 0.25) is 0 Å². The zero-order valence-corrected chi connectivity index (χ0v) is 7.68. The van der Waals surface area contributed by atoms with E-state index in [4.69, 9.17) is 4.74 Å². The van der Waals surface area contributed by atoms with Crippen LogP contribution >= 0.6 is 0 Å². The smallest absolute Gasteiger partial charge is 0.0462 e.